The fourth-order valence-corrected chi connectivity index (χ4v) is 4.13. The Morgan fingerprint density at radius 2 is 2.03 bits per heavy atom. The number of carbonyl (C=O) groups excluding carboxylic acids is 2. The normalized spacial score (nSPS) is 14.1. The summed E-state index contributed by atoms with van der Waals surface area (Å²) in [5.41, 5.74) is 3.06. The molecular formula is C24H23ClN6O5. The molecule has 3 heterocycles. The number of benzene rings is 2. The minimum absolute atomic E-state index is 0.0247. The van der Waals surface area contributed by atoms with Gasteiger partial charge >= 0.3 is 6.09 Å². The van der Waals surface area contributed by atoms with Gasteiger partial charge in [-0.05, 0) is 48.7 Å². The van der Waals surface area contributed by atoms with Gasteiger partial charge in [0.25, 0.3) is 0 Å². The summed E-state index contributed by atoms with van der Waals surface area (Å²) in [6.45, 7) is 0.0247. The molecule has 0 fully saturated rings. The Kier molecular flexibility index (Phi) is 6.38. The van der Waals surface area contributed by atoms with Crippen LogP contribution in [-0.4, -0.2) is 42.9 Å². The molecule has 3 N–H and O–H groups in total. The summed E-state index contributed by atoms with van der Waals surface area (Å²) >= 11 is 6.38. The van der Waals surface area contributed by atoms with Crippen molar-refractivity contribution in [2.75, 3.05) is 36.4 Å². The van der Waals surface area contributed by atoms with E-state index in [4.69, 9.17) is 25.8 Å². The van der Waals surface area contributed by atoms with Gasteiger partial charge in [0.2, 0.25) is 18.6 Å². The first-order valence-electron chi connectivity index (χ1n) is 11.2. The van der Waals surface area contributed by atoms with E-state index < -0.39 is 6.09 Å². The van der Waals surface area contributed by atoms with Crippen LogP contribution < -0.4 is 35.1 Å². The van der Waals surface area contributed by atoms with Crippen molar-refractivity contribution >= 4 is 52.4 Å². The van der Waals surface area contributed by atoms with Crippen molar-refractivity contribution in [3.05, 3.63) is 47.1 Å². The average Bonchev–Trinajstić information content (AvgIpc) is 3.31. The molecule has 2 aliphatic heterocycles. The third-order valence-corrected chi connectivity index (χ3v) is 6.08. The predicted molar refractivity (Wildman–Crippen MR) is 134 cm³/mol. The van der Waals surface area contributed by atoms with Gasteiger partial charge in [-0.15, -0.1) is 0 Å². The standard InChI is InChI=1S/C24H23ClN6O5/c1-26-24(33)36-17-8-9-18-21(35-12-34-18)20(17)29-22-15(25)11-27-23(30-22)28-14-6-7-16-13(10-14)4-3-5-19(32)31(16)2/h6-11H,3-5,12H2,1-2H3,(H,26,33)(H2,27,28,29,30). The van der Waals surface area contributed by atoms with Crippen LogP contribution in [0.3, 0.4) is 0 Å². The van der Waals surface area contributed by atoms with E-state index in [1.54, 1.807) is 24.1 Å². The number of nitrogens with one attached hydrogen (secondary N) is 3. The van der Waals surface area contributed by atoms with Crippen LogP contribution in [0.1, 0.15) is 18.4 Å². The van der Waals surface area contributed by atoms with Gasteiger partial charge in [0, 0.05) is 31.9 Å². The number of rotatable bonds is 5. The Hall–Kier alpha value is -4.25. The number of anilines is 5. The van der Waals surface area contributed by atoms with Crippen LogP contribution in [0.15, 0.2) is 36.5 Å². The van der Waals surface area contributed by atoms with Crippen molar-refractivity contribution in [1.82, 2.24) is 15.3 Å². The number of aryl methyl sites for hydroxylation is 1. The Bertz CT molecular complexity index is 1350. The van der Waals surface area contributed by atoms with Crippen LogP contribution >= 0.6 is 11.6 Å². The first-order valence-corrected chi connectivity index (χ1v) is 11.6. The maximum absolute atomic E-state index is 12.2. The third kappa shape index (κ3) is 4.65. The second-order valence-corrected chi connectivity index (χ2v) is 8.51. The lowest BCUT2D eigenvalue weighted by Crippen LogP contribution is -2.24. The molecule has 0 aliphatic carbocycles. The summed E-state index contributed by atoms with van der Waals surface area (Å²) in [6.07, 6.45) is 2.91. The topological polar surface area (TPSA) is 127 Å². The number of carbonyl (C=O) groups is 2. The molecule has 186 valence electrons. The van der Waals surface area contributed by atoms with E-state index in [0.29, 0.717) is 29.6 Å². The van der Waals surface area contributed by atoms with Crippen molar-refractivity contribution in [2.24, 2.45) is 0 Å². The molecule has 0 bridgehead atoms. The molecule has 12 heteroatoms. The number of fused-ring (bicyclic) bond motifs is 2. The Morgan fingerprint density at radius 3 is 2.86 bits per heavy atom. The van der Waals surface area contributed by atoms with Gasteiger partial charge in [-0.25, -0.2) is 9.78 Å². The lowest BCUT2D eigenvalue weighted by Gasteiger charge is -2.18. The summed E-state index contributed by atoms with van der Waals surface area (Å²) in [5.74, 6) is 1.71. The highest BCUT2D eigenvalue weighted by atomic mass is 35.5. The molecular weight excluding hydrogens is 488 g/mol. The summed E-state index contributed by atoms with van der Waals surface area (Å²) in [4.78, 5) is 34.5. The summed E-state index contributed by atoms with van der Waals surface area (Å²) in [5, 5.41) is 8.92. The Labute approximate surface area is 211 Å². The molecule has 0 atom stereocenters. The highest BCUT2D eigenvalue weighted by molar-refractivity contribution is 6.33. The fourth-order valence-electron chi connectivity index (χ4n) is 3.99. The number of hydrogen-bond donors (Lipinski definition) is 3. The molecule has 0 unspecified atom stereocenters. The Morgan fingerprint density at radius 1 is 1.17 bits per heavy atom. The third-order valence-electron chi connectivity index (χ3n) is 5.80. The first-order chi connectivity index (χ1) is 17.4. The van der Waals surface area contributed by atoms with Gasteiger partial charge in [-0.2, -0.15) is 4.98 Å². The second-order valence-electron chi connectivity index (χ2n) is 8.10. The number of halogens is 1. The first kappa shape index (κ1) is 23.5. The quantitative estimate of drug-likeness (QED) is 0.458. The summed E-state index contributed by atoms with van der Waals surface area (Å²) < 4.78 is 16.4. The van der Waals surface area contributed by atoms with Gasteiger partial charge in [-0.1, -0.05) is 11.6 Å². The average molecular weight is 511 g/mol. The van der Waals surface area contributed by atoms with E-state index in [9.17, 15) is 9.59 Å². The van der Waals surface area contributed by atoms with Gasteiger partial charge < -0.3 is 35.1 Å². The van der Waals surface area contributed by atoms with Crippen LogP contribution in [-0.2, 0) is 11.2 Å². The predicted octanol–water partition coefficient (Wildman–Crippen LogP) is 4.36. The number of amides is 2. The molecule has 1 aromatic heterocycles. The largest absolute Gasteiger partial charge is 0.454 e. The van der Waals surface area contributed by atoms with E-state index in [1.165, 1.54) is 13.2 Å². The van der Waals surface area contributed by atoms with E-state index >= 15 is 0 Å². The number of hydrogen-bond acceptors (Lipinski definition) is 9. The number of ether oxygens (including phenoxy) is 3. The van der Waals surface area contributed by atoms with Crippen LogP contribution in [0.25, 0.3) is 0 Å². The van der Waals surface area contributed by atoms with Gasteiger partial charge in [0.15, 0.2) is 23.1 Å². The van der Waals surface area contributed by atoms with Crippen molar-refractivity contribution in [3.63, 3.8) is 0 Å². The maximum atomic E-state index is 12.2. The molecule has 3 aromatic rings. The molecule has 36 heavy (non-hydrogen) atoms. The summed E-state index contributed by atoms with van der Waals surface area (Å²) in [7, 11) is 3.25. The van der Waals surface area contributed by atoms with Crippen LogP contribution in [0.2, 0.25) is 5.02 Å². The molecule has 2 amide bonds. The highest BCUT2D eigenvalue weighted by Crippen LogP contribution is 2.46. The maximum Gasteiger partial charge on any atom is 0.412 e. The van der Waals surface area contributed by atoms with Crippen LogP contribution in [0, 0.1) is 0 Å². The fraction of sp³-hybridized carbons (Fsp3) is 0.250. The van der Waals surface area contributed by atoms with Crippen molar-refractivity contribution in [1.29, 1.82) is 0 Å². The monoisotopic (exact) mass is 510 g/mol. The second kappa shape index (κ2) is 9.78. The van der Waals surface area contributed by atoms with Crippen LogP contribution in [0.4, 0.5) is 33.6 Å². The lowest BCUT2D eigenvalue weighted by atomic mass is 10.1. The smallest absolute Gasteiger partial charge is 0.412 e. The minimum atomic E-state index is -0.649. The molecule has 2 aliphatic rings. The minimum Gasteiger partial charge on any atom is -0.454 e. The zero-order valence-electron chi connectivity index (χ0n) is 19.6. The van der Waals surface area contributed by atoms with Crippen molar-refractivity contribution < 1.29 is 23.8 Å². The van der Waals surface area contributed by atoms with Gasteiger partial charge in [0.1, 0.15) is 10.7 Å². The number of aromatic nitrogens is 2. The molecule has 11 nitrogen and oxygen atoms in total. The Balaban J connectivity index is 1.43. The SMILES string of the molecule is CNC(=O)Oc1ccc2c(c1Nc1nc(Nc3ccc4c(c3)CCCC(=O)N4C)ncc1Cl)OCO2. The van der Waals surface area contributed by atoms with E-state index in [2.05, 4.69) is 25.9 Å². The molecule has 5 rings (SSSR count). The number of nitrogens with zero attached hydrogens (tertiary/aromatic N) is 3. The van der Waals surface area contributed by atoms with Crippen molar-refractivity contribution in [2.45, 2.75) is 19.3 Å². The molecule has 0 saturated heterocycles. The highest BCUT2D eigenvalue weighted by Gasteiger charge is 2.25. The zero-order valence-corrected chi connectivity index (χ0v) is 20.3. The molecule has 0 radical (unpaired) electrons. The molecule has 0 saturated carbocycles. The van der Waals surface area contributed by atoms with Crippen molar-refractivity contribution in [3.8, 4) is 17.2 Å². The van der Waals surface area contributed by atoms with E-state index in [-0.39, 0.29) is 29.3 Å². The van der Waals surface area contributed by atoms with Crippen LogP contribution in [0.5, 0.6) is 17.2 Å². The molecule has 2 aromatic carbocycles. The van der Waals surface area contributed by atoms with E-state index in [0.717, 1.165) is 29.8 Å². The van der Waals surface area contributed by atoms with Gasteiger partial charge in [-0.3, -0.25) is 4.79 Å². The lowest BCUT2D eigenvalue weighted by molar-refractivity contribution is -0.118. The van der Waals surface area contributed by atoms with Gasteiger partial charge in [0.05, 0.1) is 6.20 Å². The zero-order chi connectivity index (χ0) is 25.2. The summed E-state index contributed by atoms with van der Waals surface area (Å²) in [6, 6.07) is 8.98. The van der Waals surface area contributed by atoms with E-state index in [1.807, 2.05) is 18.2 Å². The molecule has 0 spiro atoms.